The van der Waals surface area contributed by atoms with Gasteiger partial charge in [0, 0.05) is 28.2 Å². The monoisotopic (exact) mass is 390 g/mol. The third-order valence-corrected chi connectivity index (χ3v) is 4.91. The van der Waals surface area contributed by atoms with Gasteiger partial charge in [-0.05, 0) is 71.2 Å². The molecule has 2 aromatic rings. The fourth-order valence-corrected chi connectivity index (χ4v) is 3.29. The largest absolute Gasteiger partial charge is 0.349 e. The van der Waals surface area contributed by atoms with Crippen molar-refractivity contribution in [3.8, 4) is 0 Å². The highest BCUT2D eigenvalue weighted by molar-refractivity contribution is 9.11. The Kier molecular flexibility index (Phi) is 4.93. The van der Waals surface area contributed by atoms with Crippen molar-refractivity contribution in [2.24, 2.45) is 0 Å². The fourth-order valence-electron chi connectivity index (χ4n) is 1.96. The van der Waals surface area contributed by atoms with Crippen LogP contribution in [0.2, 0.25) is 0 Å². The molecule has 1 aliphatic carbocycles. The standard InChI is InChI=1S/C17H15BrN2O2S/c18-15-9-7-14(23-15)8-10-16(21)19-12-3-1-11(2-4-12)17(22)20-13-5-6-13/h1-4,7-10,13H,5-6H2,(H,19,21)(H,20,22)/b10-8+. The molecule has 0 spiro atoms. The van der Waals surface area contributed by atoms with Crippen LogP contribution in [0, 0.1) is 0 Å². The van der Waals surface area contributed by atoms with Gasteiger partial charge in [-0.25, -0.2) is 0 Å². The molecule has 2 N–H and O–H groups in total. The van der Waals surface area contributed by atoms with Crippen molar-refractivity contribution >= 4 is 50.8 Å². The molecule has 3 rings (SSSR count). The first-order valence-corrected chi connectivity index (χ1v) is 8.86. The Balaban J connectivity index is 1.55. The number of rotatable bonds is 5. The van der Waals surface area contributed by atoms with Crippen molar-refractivity contribution in [1.29, 1.82) is 0 Å². The number of amides is 2. The van der Waals surface area contributed by atoms with E-state index in [-0.39, 0.29) is 11.8 Å². The molecule has 0 bridgehead atoms. The first-order chi connectivity index (χ1) is 11.1. The van der Waals surface area contributed by atoms with Crippen LogP contribution in [-0.2, 0) is 4.79 Å². The minimum atomic E-state index is -0.204. The molecule has 1 aromatic carbocycles. The lowest BCUT2D eigenvalue weighted by Gasteiger charge is -2.05. The van der Waals surface area contributed by atoms with Gasteiger partial charge in [-0.15, -0.1) is 11.3 Å². The number of thiophene rings is 1. The van der Waals surface area contributed by atoms with E-state index < -0.39 is 0 Å². The van der Waals surface area contributed by atoms with Crippen LogP contribution in [0.5, 0.6) is 0 Å². The van der Waals surface area contributed by atoms with E-state index in [9.17, 15) is 9.59 Å². The molecule has 0 unspecified atom stereocenters. The van der Waals surface area contributed by atoms with Crippen molar-refractivity contribution in [1.82, 2.24) is 5.32 Å². The summed E-state index contributed by atoms with van der Waals surface area (Å²) in [6, 6.07) is 11.1. The van der Waals surface area contributed by atoms with Gasteiger partial charge < -0.3 is 10.6 Å². The molecule has 1 saturated carbocycles. The first kappa shape index (κ1) is 16.0. The highest BCUT2D eigenvalue weighted by Crippen LogP contribution is 2.23. The van der Waals surface area contributed by atoms with Crippen LogP contribution in [0.25, 0.3) is 6.08 Å². The van der Waals surface area contributed by atoms with Crippen LogP contribution in [-0.4, -0.2) is 17.9 Å². The van der Waals surface area contributed by atoms with Gasteiger partial charge in [0.2, 0.25) is 5.91 Å². The van der Waals surface area contributed by atoms with Crippen molar-refractivity contribution in [3.05, 3.63) is 56.7 Å². The maximum Gasteiger partial charge on any atom is 0.251 e. The molecule has 0 radical (unpaired) electrons. The number of nitrogens with one attached hydrogen (secondary N) is 2. The molecule has 1 heterocycles. The summed E-state index contributed by atoms with van der Waals surface area (Å²) in [5, 5.41) is 5.70. The van der Waals surface area contributed by atoms with Gasteiger partial charge in [0.25, 0.3) is 5.91 Å². The maximum absolute atomic E-state index is 11.9. The Labute approximate surface area is 146 Å². The van der Waals surface area contributed by atoms with Gasteiger partial charge in [-0.1, -0.05) is 0 Å². The topological polar surface area (TPSA) is 58.2 Å². The summed E-state index contributed by atoms with van der Waals surface area (Å²) >= 11 is 4.94. The number of carbonyl (C=O) groups excluding carboxylic acids is 2. The van der Waals surface area contributed by atoms with Crippen molar-refractivity contribution in [3.63, 3.8) is 0 Å². The summed E-state index contributed by atoms with van der Waals surface area (Å²) < 4.78 is 1.03. The Morgan fingerprint density at radius 2 is 1.87 bits per heavy atom. The normalized spacial score (nSPS) is 14.0. The highest BCUT2D eigenvalue weighted by Gasteiger charge is 2.23. The summed E-state index contributed by atoms with van der Waals surface area (Å²) in [7, 11) is 0. The second-order valence-electron chi connectivity index (χ2n) is 5.29. The summed E-state index contributed by atoms with van der Waals surface area (Å²) in [5.74, 6) is -0.266. The average molecular weight is 391 g/mol. The van der Waals surface area contributed by atoms with Crippen LogP contribution >= 0.6 is 27.3 Å². The second-order valence-corrected chi connectivity index (χ2v) is 7.78. The molecule has 118 valence electrons. The average Bonchev–Trinajstić information content (AvgIpc) is 3.25. The zero-order chi connectivity index (χ0) is 16.2. The van der Waals surface area contributed by atoms with Gasteiger partial charge in [0.15, 0.2) is 0 Å². The van der Waals surface area contributed by atoms with Crippen LogP contribution in [0.4, 0.5) is 5.69 Å². The molecular formula is C17H15BrN2O2S. The number of carbonyl (C=O) groups is 2. The van der Waals surface area contributed by atoms with Crippen molar-refractivity contribution < 1.29 is 9.59 Å². The van der Waals surface area contributed by atoms with Gasteiger partial charge in [0.1, 0.15) is 0 Å². The molecule has 6 heteroatoms. The molecule has 23 heavy (non-hydrogen) atoms. The zero-order valence-electron chi connectivity index (χ0n) is 12.2. The molecule has 0 atom stereocenters. The van der Waals surface area contributed by atoms with Crippen LogP contribution < -0.4 is 10.6 Å². The number of halogens is 1. The van der Waals surface area contributed by atoms with E-state index in [1.54, 1.807) is 41.7 Å². The highest BCUT2D eigenvalue weighted by atomic mass is 79.9. The summed E-state index contributed by atoms with van der Waals surface area (Å²) in [6.07, 6.45) is 5.38. The molecule has 2 amide bonds. The smallest absolute Gasteiger partial charge is 0.251 e. The van der Waals surface area contributed by atoms with Crippen LogP contribution in [0.1, 0.15) is 28.1 Å². The van der Waals surface area contributed by atoms with Crippen molar-refractivity contribution in [2.45, 2.75) is 18.9 Å². The minimum Gasteiger partial charge on any atom is -0.349 e. The minimum absolute atomic E-state index is 0.0615. The van der Waals surface area contributed by atoms with E-state index >= 15 is 0 Å². The molecule has 1 aliphatic rings. The Hall–Kier alpha value is -1.92. The Morgan fingerprint density at radius 3 is 2.48 bits per heavy atom. The number of anilines is 1. The first-order valence-electron chi connectivity index (χ1n) is 7.25. The predicted octanol–water partition coefficient (Wildman–Crippen LogP) is 4.05. The summed E-state index contributed by atoms with van der Waals surface area (Å²) in [4.78, 5) is 24.8. The van der Waals surface area contributed by atoms with Gasteiger partial charge >= 0.3 is 0 Å². The molecular weight excluding hydrogens is 376 g/mol. The summed E-state index contributed by atoms with van der Waals surface area (Å²) in [5.41, 5.74) is 1.27. The zero-order valence-corrected chi connectivity index (χ0v) is 14.6. The third kappa shape index (κ3) is 4.77. The lowest BCUT2D eigenvalue weighted by atomic mass is 10.2. The van der Waals surface area contributed by atoms with E-state index in [0.29, 0.717) is 17.3 Å². The van der Waals surface area contributed by atoms with E-state index in [0.717, 1.165) is 21.5 Å². The lowest BCUT2D eigenvalue weighted by Crippen LogP contribution is -2.25. The third-order valence-electron chi connectivity index (χ3n) is 3.32. The molecule has 1 fully saturated rings. The van der Waals surface area contributed by atoms with E-state index in [2.05, 4.69) is 26.6 Å². The number of hydrogen-bond donors (Lipinski definition) is 2. The SMILES string of the molecule is O=C(/C=C/c1ccc(Br)s1)Nc1ccc(C(=O)NC2CC2)cc1. The summed E-state index contributed by atoms with van der Waals surface area (Å²) in [6.45, 7) is 0. The van der Waals surface area contributed by atoms with Gasteiger partial charge in [-0.3, -0.25) is 9.59 Å². The van der Waals surface area contributed by atoms with Crippen LogP contribution in [0.15, 0.2) is 46.3 Å². The molecule has 0 saturated heterocycles. The van der Waals surface area contributed by atoms with Crippen LogP contribution in [0.3, 0.4) is 0 Å². The molecule has 1 aromatic heterocycles. The van der Waals surface area contributed by atoms with E-state index in [4.69, 9.17) is 0 Å². The second kappa shape index (κ2) is 7.10. The van der Waals surface area contributed by atoms with E-state index in [1.807, 2.05) is 12.1 Å². The fraction of sp³-hybridized carbons (Fsp3) is 0.176. The molecule has 4 nitrogen and oxygen atoms in total. The predicted molar refractivity (Wildman–Crippen MR) is 96.6 cm³/mol. The maximum atomic E-state index is 11.9. The molecule has 0 aliphatic heterocycles. The number of benzene rings is 1. The lowest BCUT2D eigenvalue weighted by molar-refractivity contribution is -0.111. The quantitative estimate of drug-likeness (QED) is 0.756. The number of hydrogen-bond acceptors (Lipinski definition) is 3. The Bertz CT molecular complexity index is 748. The van der Waals surface area contributed by atoms with E-state index in [1.165, 1.54) is 6.08 Å². The Morgan fingerprint density at radius 1 is 1.13 bits per heavy atom. The van der Waals surface area contributed by atoms with Gasteiger partial charge in [-0.2, -0.15) is 0 Å². The van der Waals surface area contributed by atoms with Crippen molar-refractivity contribution in [2.75, 3.05) is 5.32 Å². The van der Waals surface area contributed by atoms with Gasteiger partial charge in [0.05, 0.1) is 3.79 Å².